The van der Waals surface area contributed by atoms with E-state index in [2.05, 4.69) is 52.1 Å². The molecule has 1 saturated heterocycles. The largest absolute Gasteiger partial charge is 0.353 e. The van der Waals surface area contributed by atoms with E-state index in [0.717, 1.165) is 6.42 Å². The molecule has 1 amide bonds. The normalized spacial score (nSPS) is 22.9. The Kier molecular flexibility index (Phi) is 3.98. The maximum Gasteiger partial charge on any atom is 0.220 e. The van der Waals surface area contributed by atoms with Gasteiger partial charge in [-0.2, -0.15) is 0 Å². The highest BCUT2D eigenvalue weighted by Gasteiger charge is 2.34. The van der Waals surface area contributed by atoms with Crippen molar-refractivity contribution in [2.75, 3.05) is 0 Å². The first-order valence-corrected chi connectivity index (χ1v) is 7.25. The molecule has 1 fully saturated rings. The van der Waals surface area contributed by atoms with E-state index in [1.165, 1.54) is 22.3 Å². The van der Waals surface area contributed by atoms with Gasteiger partial charge in [0.1, 0.15) is 0 Å². The molecule has 1 aromatic rings. The van der Waals surface area contributed by atoms with Crippen molar-refractivity contribution in [2.24, 2.45) is 5.92 Å². The van der Waals surface area contributed by atoms with Gasteiger partial charge in [0.05, 0.1) is 0 Å². The average molecular weight is 259 g/mol. The van der Waals surface area contributed by atoms with Crippen LogP contribution in [0.2, 0.25) is 0 Å². The quantitative estimate of drug-likeness (QED) is 0.882. The minimum Gasteiger partial charge on any atom is -0.353 e. The van der Waals surface area contributed by atoms with Crippen LogP contribution in [-0.4, -0.2) is 11.9 Å². The highest BCUT2D eigenvalue weighted by atomic mass is 16.2. The summed E-state index contributed by atoms with van der Waals surface area (Å²) in [6.07, 6.45) is 1.70. The van der Waals surface area contributed by atoms with Gasteiger partial charge in [0, 0.05) is 18.4 Å². The molecular weight excluding hydrogens is 234 g/mol. The van der Waals surface area contributed by atoms with Gasteiger partial charge >= 0.3 is 0 Å². The predicted molar refractivity (Wildman–Crippen MR) is 79.4 cm³/mol. The molecule has 0 bridgehead atoms. The van der Waals surface area contributed by atoms with Gasteiger partial charge in [-0.05, 0) is 55.4 Å². The molecule has 2 atom stereocenters. The van der Waals surface area contributed by atoms with Crippen molar-refractivity contribution in [3.05, 3.63) is 34.4 Å². The summed E-state index contributed by atoms with van der Waals surface area (Å²) in [4.78, 5) is 11.8. The van der Waals surface area contributed by atoms with Crippen LogP contribution in [0.25, 0.3) is 0 Å². The summed E-state index contributed by atoms with van der Waals surface area (Å²) < 4.78 is 0. The van der Waals surface area contributed by atoms with E-state index in [9.17, 15) is 4.79 Å². The minimum atomic E-state index is 0.202. The molecule has 0 radical (unpaired) electrons. The molecule has 1 heterocycles. The lowest BCUT2D eigenvalue weighted by atomic mass is 9.84. The third kappa shape index (κ3) is 2.99. The second kappa shape index (κ2) is 5.36. The molecule has 0 aliphatic carbocycles. The third-order valence-electron chi connectivity index (χ3n) is 4.24. The molecule has 1 aliphatic heterocycles. The van der Waals surface area contributed by atoms with E-state index in [0.29, 0.717) is 24.3 Å². The first kappa shape index (κ1) is 14.1. The van der Waals surface area contributed by atoms with Crippen molar-refractivity contribution in [1.82, 2.24) is 5.32 Å². The van der Waals surface area contributed by atoms with E-state index in [1.807, 2.05) is 0 Å². The summed E-state index contributed by atoms with van der Waals surface area (Å²) >= 11 is 0. The smallest absolute Gasteiger partial charge is 0.220 e. The Morgan fingerprint density at radius 1 is 1.16 bits per heavy atom. The number of nitrogens with one attached hydrogen (secondary N) is 1. The fourth-order valence-corrected chi connectivity index (χ4v) is 3.15. The van der Waals surface area contributed by atoms with E-state index >= 15 is 0 Å². The van der Waals surface area contributed by atoms with Crippen LogP contribution in [0.1, 0.15) is 54.9 Å². The molecule has 2 nitrogen and oxygen atoms in total. The van der Waals surface area contributed by atoms with E-state index < -0.39 is 0 Å². The highest BCUT2D eigenvalue weighted by molar-refractivity contribution is 5.80. The van der Waals surface area contributed by atoms with Crippen LogP contribution in [0.3, 0.4) is 0 Å². The van der Waals surface area contributed by atoms with E-state index in [-0.39, 0.29) is 5.91 Å². The highest BCUT2D eigenvalue weighted by Crippen LogP contribution is 2.34. The topological polar surface area (TPSA) is 29.1 Å². The molecule has 104 valence electrons. The van der Waals surface area contributed by atoms with E-state index in [1.54, 1.807) is 0 Å². The number of amides is 1. The van der Waals surface area contributed by atoms with Crippen LogP contribution in [0, 0.1) is 26.7 Å². The van der Waals surface area contributed by atoms with Crippen molar-refractivity contribution in [3.63, 3.8) is 0 Å². The predicted octanol–water partition coefficient (Wildman–Crippen LogP) is 3.63. The van der Waals surface area contributed by atoms with Crippen molar-refractivity contribution < 1.29 is 4.79 Å². The number of rotatable bonds is 3. The maximum atomic E-state index is 11.8. The molecule has 19 heavy (non-hydrogen) atoms. The minimum absolute atomic E-state index is 0.202. The fourth-order valence-electron chi connectivity index (χ4n) is 3.15. The number of hydrogen-bond donors (Lipinski definition) is 1. The second-order valence-corrected chi connectivity index (χ2v) is 6.41. The summed E-state index contributed by atoms with van der Waals surface area (Å²) in [5.41, 5.74) is 5.33. The molecule has 2 heteroatoms. The molecule has 2 rings (SSSR count). The van der Waals surface area contributed by atoms with Crippen LogP contribution in [-0.2, 0) is 4.79 Å². The van der Waals surface area contributed by atoms with Crippen LogP contribution in [0.4, 0.5) is 0 Å². The van der Waals surface area contributed by atoms with Crippen LogP contribution >= 0.6 is 0 Å². The Bertz CT molecular complexity index is 490. The fraction of sp³-hybridized carbons (Fsp3) is 0.588. The zero-order valence-electron chi connectivity index (χ0n) is 12.7. The number of carbonyl (C=O) groups is 1. The number of carbonyl (C=O) groups excluding carboxylic acids is 1. The zero-order valence-corrected chi connectivity index (χ0v) is 12.7. The van der Waals surface area contributed by atoms with Gasteiger partial charge in [-0.15, -0.1) is 0 Å². The molecule has 0 spiro atoms. The SMILES string of the molecule is Cc1cc(C)c(C2CC(=O)NC2CC(C)C)cc1C. The van der Waals surface area contributed by atoms with Gasteiger partial charge < -0.3 is 5.32 Å². The van der Waals surface area contributed by atoms with Crippen molar-refractivity contribution in [3.8, 4) is 0 Å². The summed E-state index contributed by atoms with van der Waals surface area (Å²) in [6, 6.07) is 4.83. The Morgan fingerprint density at radius 2 is 1.79 bits per heavy atom. The van der Waals surface area contributed by atoms with Gasteiger partial charge in [-0.3, -0.25) is 4.79 Å². The van der Waals surface area contributed by atoms with Crippen LogP contribution in [0.5, 0.6) is 0 Å². The summed E-state index contributed by atoms with van der Waals surface area (Å²) in [5.74, 6) is 1.15. The van der Waals surface area contributed by atoms with Gasteiger partial charge in [0.25, 0.3) is 0 Å². The summed E-state index contributed by atoms with van der Waals surface area (Å²) in [7, 11) is 0. The molecular formula is C17H25NO. The van der Waals surface area contributed by atoms with Gasteiger partial charge in [0.15, 0.2) is 0 Å². The zero-order chi connectivity index (χ0) is 14.2. The summed E-state index contributed by atoms with van der Waals surface area (Å²) in [5, 5.41) is 3.16. The summed E-state index contributed by atoms with van der Waals surface area (Å²) in [6.45, 7) is 10.9. The first-order chi connectivity index (χ1) is 8.88. The number of benzene rings is 1. The Morgan fingerprint density at radius 3 is 2.42 bits per heavy atom. The van der Waals surface area contributed by atoms with Gasteiger partial charge in [-0.25, -0.2) is 0 Å². The second-order valence-electron chi connectivity index (χ2n) is 6.41. The monoisotopic (exact) mass is 259 g/mol. The molecule has 1 aliphatic rings. The lowest BCUT2D eigenvalue weighted by Crippen LogP contribution is -2.29. The molecule has 1 N–H and O–H groups in total. The number of aryl methyl sites for hydroxylation is 3. The Hall–Kier alpha value is -1.31. The van der Waals surface area contributed by atoms with Crippen molar-refractivity contribution in [1.29, 1.82) is 0 Å². The first-order valence-electron chi connectivity index (χ1n) is 7.25. The van der Waals surface area contributed by atoms with Gasteiger partial charge in [0.2, 0.25) is 5.91 Å². The Balaban J connectivity index is 2.33. The average Bonchev–Trinajstić information content (AvgIpc) is 2.63. The lowest BCUT2D eigenvalue weighted by Gasteiger charge is -2.23. The lowest BCUT2D eigenvalue weighted by molar-refractivity contribution is -0.119. The molecule has 0 aromatic heterocycles. The third-order valence-corrected chi connectivity index (χ3v) is 4.24. The molecule has 0 saturated carbocycles. The van der Waals surface area contributed by atoms with Crippen LogP contribution < -0.4 is 5.32 Å². The molecule has 1 aromatic carbocycles. The van der Waals surface area contributed by atoms with Crippen molar-refractivity contribution in [2.45, 2.75) is 59.4 Å². The van der Waals surface area contributed by atoms with Crippen LogP contribution in [0.15, 0.2) is 12.1 Å². The number of hydrogen-bond acceptors (Lipinski definition) is 1. The Labute approximate surface area is 116 Å². The van der Waals surface area contributed by atoms with E-state index in [4.69, 9.17) is 0 Å². The molecule has 2 unspecified atom stereocenters. The van der Waals surface area contributed by atoms with Crippen molar-refractivity contribution >= 4 is 5.91 Å². The van der Waals surface area contributed by atoms with Gasteiger partial charge in [-0.1, -0.05) is 26.0 Å². The standard InChI is InChI=1S/C17H25NO/c1-10(2)6-16-15(9-17(19)18-16)14-8-12(4)11(3)7-13(14)5/h7-8,10,15-16H,6,9H2,1-5H3,(H,18,19). The maximum absolute atomic E-state index is 11.8.